The van der Waals surface area contributed by atoms with Crippen LogP contribution in [0.25, 0.3) is 0 Å². The first-order chi connectivity index (χ1) is 13.3. The molecule has 1 aliphatic heterocycles. The van der Waals surface area contributed by atoms with Crippen molar-refractivity contribution in [2.45, 2.75) is 25.8 Å². The maximum atomic E-state index is 5.75. The number of benzene rings is 1. The summed E-state index contributed by atoms with van der Waals surface area (Å²) < 4.78 is 11.4. The predicted octanol–water partition coefficient (Wildman–Crippen LogP) is 3.59. The fourth-order valence-electron chi connectivity index (χ4n) is 3.33. The van der Waals surface area contributed by atoms with E-state index in [1.807, 2.05) is 18.2 Å². The zero-order valence-corrected chi connectivity index (χ0v) is 19.0. The van der Waals surface area contributed by atoms with Crippen molar-refractivity contribution in [3.05, 3.63) is 54.0 Å². The van der Waals surface area contributed by atoms with Crippen LogP contribution in [0.4, 0.5) is 0 Å². The van der Waals surface area contributed by atoms with Crippen LogP contribution in [0.2, 0.25) is 0 Å². The highest BCUT2D eigenvalue weighted by molar-refractivity contribution is 14.0. The first-order valence-electron chi connectivity index (χ1n) is 9.67. The minimum Gasteiger partial charge on any atom is -0.492 e. The minimum atomic E-state index is 0. The van der Waals surface area contributed by atoms with E-state index in [0.717, 1.165) is 37.1 Å². The van der Waals surface area contributed by atoms with Gasteiger partial charge in [0.25, 0.3) is 0 Å². The van der Waals surface area contributed by atoms with Crippen LogP contribution in [-0.2, 0) is 0 Å². The third-order valence-corrected chi connectivity index (χ3v) is 4.82. The number of guanidine groups is 1. The van der Waals surface area contributed by atoms with E-state index < -0.39 is 0 Å². The molecule has 0 aliphatic carbocycles. The molecule has 2 aromatic rings. The lowest BCUT2D eigenvalue weighted by Gasteiger charge is -2.26. The molecule has 1 atom stereocenters. The van der Waals surface area contributed by atoms with Crippen LogP contribution in [-0.4, -0.2) is 50.7 Å². The molecule has 1 unspecified atom stereocenters. The van der Waals surface area contributed by atoms with Crippen LogP contribution in [0.5, 0.6) is 5.75 Å². The van der Waals surface area contributed by atoms with E-state index >= 15 is 0 Å². The molecule has 1 aromatic carbocycles. The zero-order valence-electron chi connectivity index (χ0n) is 16.7. The Bertz CT molecular complexity index is 698. The Labute approximate surface area is 184 Å². The van der Waals surface area contributed by atoms with Gasteiger partial charge in [0.2, 0.25) is 0 Å². The van der Waals surface area contributed by atoms with Gasteiger partial charge < -0.3 is 19.8 Å². The molecule has 1 fully saturated rings. The molecule has 6 nitrogen and oxygen atoms in total. The van der Waals surface area contributed by atoms with Gasteiger partial charge in [-0.15, -0.1) is 24.0 Å². The smallest absolute Gasteiger partial charge is 0.191 e. The van der Waals surface area contributed by atoms with E-state index in [1.165, 1.54) is 18.4 Å². The summed E-state index contributed by atoms with van der Waals surface area (Å²) in [4.78, 5) is 6.79. The molecule has 2 heterocycles. The number of nitrogens with one attached hydrogen (secondary N) is 2. The molecule has 0 saturated carbocycles. The highest BCUT2D eigenvalue weighted by atomic mass is 127. The number of aliphatic imine (C=N–C) groups is 1. The van der Waals surface area contributed by atoms with Crippen molar-refractivity contribution in [3.63, 3.8) is 0 Å². The lowest BCUT2D eigenvalue weighted by atomic mass is 10.2. The van der Waals surface area contributed by atoms with Gasteiger partial charge in [-0.3, -0.25) is 9.89 Å². The monoisotopic (exact) mass is 498 g/mol. The number of hydrogen-bond donors (Lipinski definition) is 2. The fourth-order valence-corrected chi connectivity index (χ4v) is 3.33. The number of likely N-dealkylation sites (tertiary alicyclic amines) is 1. The fraction of sp³-hybridized carbons (Fsp3) is 0.476. The Kier molecular flexibility index (Phi) is 9.63. The van der Waals surface area contributed by atoms with E-state index in [2.05, 4.69) is 45.6 Å². The number of nitrogens with zero attached hydrogens (tertiary/aromatic N) is 2. The third-order valence-electron chi connectivity index (χ3n) is 4.82. The summed E-state index contributed by atoms with van der Waals surface area (Å²) in [6, 6.07) is 12.3. The lowest BCUT2D eigenvalue weighted by Crippen LogP contribution is -2.43. The Morgan fingerprint density at radius 2 is 1.93 bits per heavy atom. The van der Waals surface area contributed by atoms with Gasteiger partial charge in [-0.05, 0) is 57.1 Å². The second-order valence-electron chi connectivity index (χ2n) is 6.82. The van der Waals surface area contributed by atoms with Crippen molar-refractivity contribution >= 4 is 29.9 Å². The molecule has 0 bridgehead atoms. The van der Waals surface area contributed by atoms with Crippen molar-refractivity contribution in [3.8, 4) is 5.75 Å². The average molecular weight is 498 g/mol. The van der Waals surface area contributed by atoms with Gasteiger partial charge in [-0.2, -0.15) is 0 Å². The minimum absolute atomic E-state index is 0. The molecule has 154 valence electrons. The molecular formula is C21H31IN4O2. The Morgan fingerprint density at radius 3 is 2.57 bits per heavy atom. The Morgan fingerprint density at radius 1 is 1.18 bits per heavy atom. The molecule has 2 N–H and O–H groups in total. The van der Waals surface area contributed by atoms with Crippen molar-refractivity contribution in [1.29, 1.82) is 0 Å². The quantitative estimate of drug-likeness (QED) is 0.252. The van der Waals surface area contributed by atoms with Gasteiger partial charge in [-0.25, -0.2) is 0 Å². The Balaban J connectivity index is 0.00000280. The second kappa shape index (κ2) is 12.0. The highest BCUT2D eigenvalue weighted by Gasteiger charge is 2.25. The normalized spacial score (nSPS) is 15.7. The van der Waals surface area contributed by atoms with Crippen molar-refractivity contribution in [2.24, 2.45) is 4.99 Å². The van der Waals surface area contributed by atoms with Gasteiger partial charge in [-0.1, -0.05) is 17.7 Å². The second-order valence-corrected chi connectivity index (χ2v) is 6.82. The summed E-state index contributed by atoms with van der Waals surface area (Å²) >= 11 is 0. The van der Waals surface area contributed by atoms with Gasteiger partial charge in [0, 0.05) is 13.6 Å². The van der Waals surface area contributed by atoms with Gasteiger partial charge in [0.15, 0.2) is 5.96 Å². The average Bonchev–Trinajstić information content (AvgIpc) is 3.39. The number of aryl methyl sites for hydroxylation is 1. The maximum absolute atomic E-state index is 5.75. The standard InChI is InChI=1S/C21H30N4O2.HI/c1-17-7-9-18(10-8-17)26-15-11-23-21(22-2)24-16-19(20-6-5-14-27-20)25-12-3-4-13-25;/h5-10,14,19H,3-4,11-13,15-16H2,1-2H3,(H2,22,23,24);1H. The van der Waals surface area contributed by atoms with Crippen LogP contribution in [0, 0.1) is 6.92 Å². The summed E-state index contributed by atoms with van der Waals surface area (Å²) in [5, 5.41) is 6.73. The number of halogens is 1. The maximum Gasteiger partial charge on any atom is 0.191 e. The van der Waals surface area contributed by atoms with Gasteiger partial charge in [0.1, 0.15) is 18.1 Å². The third kappa shape index (κ3) is 6.70. The summed E-state index contributed by atoms with van der Waals surface area (Å²) in [5.41, 5.74) is 1.23. The van der Waals surface area contributed by atoms with E-state index in [1.54, 1.807) is 13.3 Å². The van der Waals surface area contributed by atoms with Crippen LogP contribution in [0.3, 0.4) is 0 Å². The first kappa shape index (κ1) is 22.5. The van der Waals surface area contributed by atoms with E-state index in [4.69, 9.17) is 9.15 Å². The molecule has 1 aromatic heterocycles. The highest BCUT2D eigenvalue weighted by Crippen LogP contribution is 2.24. The first-order valence-corrected chi connectivity index (χ1v) is 9.67. The number of ether oxygens (including phenoxy) is 1. The van der Waals surface area contributed by atoms with Crippen molar-refractivity contribution in [1.82, 2.24) is 15.5 Å². The molecule has 1 saturated heterocycles. The van der Waals surface area contributed by atoms with Crippen LogP contribution >= 0.6 is 24.0 Å². The number of furan rings is 1. The largest absolute Gasteiger partial charge is 0.492 e. The number of rotatable bonds is 8. The molecule has 7 heteroatoms. The lowest BCUT2D eigenvalue weighted by molar-refractivity contribution is 0.215. The predicted molar refractivity (Wildman–Crippen MR) is 124 cm³/mol. The van der Waals surface area contributed by atoms with Gasteiger partial charge in [0.05, 0.1) is 18.8 Å². The Hall–Kier alpha value is -1.74. The molecule has 0 amide bonds. The summed E-state index contributed by atoms with van der Waals surface area (Å²) in [5.74, 6) is 2.66. The van der Waals surface area contributed by atoms with Crippen molar-refractivity contribution in [2.75, 3.05) is 39.8 Å². The molecule has 0 spiro atoms. The van der Waals surface area contributed by atoms with E-state index in [0.29, 0.717) is 13.2 Å². The summed E-state index contributed by atoms with van der Waals surface area (Å²) in [6.45, 7) is 6.32. The SMILES string of the molecule is CN=C(NCCOc1ccc(C)cc1)NCC(c1ccco1)N1CCCC1.I. The molecule has 3 rings (SSSR count). The topological polar surface area (TPSA) is 62.0 Å². The molecule has 0 radical (unpaired) electrons. The van der Waals surface area contributed by atoms with Crippen LogP contribution in [0.15, 0.2) is 52.1 Å². The number of hydrogen-bond acceptors (Lipinski definition) is 4. The van der Waals surface area contributed by atoms with Crippen molar-refractivity contribution < 1.29 is 9.15 Å². The van der Waals surface area contributed by atoms with Crippen LogP contribution < -0.4 is 15.4 Å². The molecule has 28 heavy (non-hydrogen) atoms. The summed E-state index contributed by atoms with van der Waals surface area (Å²) in [7, 11) is 1.79. The molecule has 1 aliphatic rings. The van der Waals surface area contributed by atoms with Gasteiger partial charge >= 0.3 is 0 Å². The van der Waals surface area contributed by atoms with E-state index in [9.17, 15) is 0 Å². The van der Waals surface area contributed by atoms with Crippen LogP contribution in [0.1, 0.15) is 30.2 Å². The summed E-state index contributed by atoms with van der Waals surface area (Å²) in [6.07, 6.45) is 4.24. The van der Waals surface area contributed by atoms with E-state index in [-0.39, 0.29) is 30.0 Å². The zero-order chi connectivity index (χ0) is 18.9. The molecular weight excluding hydrogens is 467 g/mol.